The number of hydrogen-bond acceptors (Lipinski definition) is 6. The molecule has 0 fully saturated rings. The van der Waals surface area contributed by atoms with Crippen molar-refractivity contribution in [2.75, 3.05) is 33.0 Å². The highest BCUT2D eigenvalue weighted by Gasteiger charge is 2.15. The standard InChI is InChI=1S/C27H56O6/c1-2-3-4-5-8-13-18-26(30)27(31)19-14-9-6-7-11-16-21-32-23-25(29)24-33-22-17-12-10-15-20-28/h25-31H,2-24H2,1H3. The Balaban J connectivity index is 3.33. The van der Waals surface area contributed by atoms with Crippen LogP contribution in [0.15, 0.2) is 0 Å². The van der Waals surface area contributed by atoms with Gasteiger partial charge in [-0.15, -0.1) is 0 Å². The van der Waals surface area contributed by atoms with Gasteiger partial charge in [0.25, 0.3) is 0 Å². The fraction of sp³-hybridized carbons (Fsp3) is 1.00. The molecule has 0 bridgehead atoms. The van der Waals surface area contributed by atoms with Crippen LogP contribution in [-0.2, 0) is 9.47 Å². The van der Waals surface area contributed by atoms with E-state index in [1.54, 1.807) is 0 Å². The summed E-state index contributed by atoms with van der Waals surface area (Å²) in [6, 6.07) is 0. The monoisotopic (exact) mass is 476 g/mol. The van der Waals surface area contributed by atoms with E-state index < -0.39 is 18.3 Å². The summed E-state index contributed by atoms with van der Waals surface area (Å²) in [5.41, 5.74) is 0. The van der Waals surface area contributed by atoms with Crippen molar-refractivity contribution in [2.45, 2.75) is 141 Å². The van der Waals surface area contributed by atoms with E-state index in [4.69, 9.17) is 14.6 Å². The van der Waals surface area contributed by atoms with Gasteiger partial charge < -0.3 is 29.9 Å². The van der Waals surface area contributed by atoms with Gasteiger partial charge in [0.2, 0.25) is 0 Å². The molecule has 200 valence electrons. The molecule has 0 aromatic carbocycles. The minimum atomic E-state index is -0.573. The number of ether oxygens (including phenoxy) is 2. The maximum Gasteiger partial charge on any atom is 0.101 e. The van der Waals surface area contributed by atoms with Crippen molar-refractivity contribution in [3.63, 3.8) is 0 Å². The molecule has 0 spiro atoms. The molecular formula is C27H56O6. The Morgan fingerprint density at radius 2 is 0.909 bits per heavy atom. The van der Waals surface area contributed by atoms with E-state index in [2.05, 4.69) is 6.92 Å². The van der Waals surface area contributed by atoms with Crippen molar-refractivity contribution in [3.8, 4) is 0 Å². The molecule has 3 atom stereocenters. The zero-order valence-corrected chi connectivity index (χ0v) is 21.6. The van der Waals surface area contributed by atoms with E-state index >= 15 is 0 Å². The van der Waals surface area contributed by atoms with Gasteiger partial charge in [-0.3, -0.25) is 0 Å². The van der Waals surface area contributed by atoms with Crippen LogP contribution in [0.3, 0.4) is 0 Å². The summed E-state index contributed by atoms with van der Waals surface area (Å²) >= 11 is 0. The first-order chi connectivity index (χ1) is 16.1. The van der Waals surface area contributed by atoms with Gasteiger partial charge >= 0.3 is 0 Å². The van der Waals surface area contributed by atoms with Crippen molar-refractivity contribution in [1.29, 1.82) is 0 Å². The molecule has 0 aromatic heterocycles. The molecule has 0 rings (SSSR count). The molecular weight excluding hydrogens is 420 g/mol. The fourth-order valence-electron chi connectivity index (χ4n) is 3.94. The first kappa shape index (κ1) is 32.8. The van der Waals surface area contributed by atoms with Gasteiger partial charge in [-0.05, 0) is 32.1 Å². The second kappa shape index (κ2) is 26.4. The van der Waals surface area contributed by atoms with Crippen LogP contribution < -0.4 is 0 Å². The zero-order chi connectivity index (χ0) is 24.4. The van der Waals surface area contributed by atoms with Crippen LogP contribution in [0.2, 0.25) is 0 Å². The van der Waals surface area contributed by atoms with Crippen LogP contribution in [0.5, 0.6) is 0 Å². The average Bonchev–Trinajstić information content (AvgIpc) is 2.81. The molecule has 0 aromatic rings. The van der Waals surface area contributed by atoms with Crippen molar-refractivity contribution >= 4 is 0 Å². The summed E-state index contributed by atoms with van der Waals surface area (Å²) in [5.74, 6) is 0. The third-order valence-corrected chi connectivity index (χ3v) is 6.15. The summed E-state index contributed by atoms with van der Waals surface area (Å²) in [6.45, 7) is 4.43. The molecule has 0 aliphatic heterocycles. The molecule has 0 amide bonds. The Bertz CT molecular complexity index is 369. The number of aliphatic hydroxyl groups excluding tert-OH is 4. The lowest BCUT2D eigenvalue weighted by molar-refractivity contribution is -0.0201. The van der Waals surface area contributed by atoms with Gasteiger partial charge in [-0.25, -0.2) is 0 Å². The molecule has 0 saturated carbocycles. The molecule has 6 heteroatoms. The second-order valence-corrected chi connectivity index (χ2v) is 9.54. The van der Waals surface area contributed by atoms with E-state index in [1.807, 2.05) is 0 Å². The highest BCUT2D eigenvalue weighted by molar-refractivity contribution is 4.67. The largest absolute Gasteiger partial charge is 0.396 e. The average molecular weight is 477 g/mol. The summed E-state index contributed by atoms with van der Waals surface area (Å²) in [5, 5.41) is 38.8. The number of unbranched alkanes of at least 4 members (excludes halogenated alkanes) is 13. The van der Waals surface area contributed by atoms with Crippen molar-refractivity contribution < 1.29 is 29.9 Å². The number of aliphatic hydroxyl groups is 4. The maximum absolute atomic E-state index is 10.1. The second-order valence-electron chi connectivity index (χ2n) is 9.54. The van der Waals surface area contributed by atoms with Gasteiger partial charge in [0, 0.05) is 19.8 Å². The van der Waals surface area contributed by atoms with Crippen LogP contribution in [0.4, 0.5) is 0 Å². The lowest BCUT2D eigenvalue weighted by atomic mass is 9.99. The van der Waals surface area contributed by atoms with Gasteiger partial charge in [0.05, 0.1) is 25.4 Å². The summed E-state index contributed by atoms with van der Waals surface area (Å²) in [6.07, 6.45) is 17.3. The van der Waals surface area contributed by atoms with E-state index in [1.165, 1.54) is 25.7 Å². The Hall–Kier alpha value is -0.240. The molecule has 0 radical (unpaired) electrons. The van der Waals surface area contributed by atoms with Gasteiger partial charge in [-0.2, -0.15) is 0 Å². The molecule has 0 aliphatic rings. The minimum absolute atomic E-state index is 0.255. The number of hydrogen-bond donors (Lipinski definition) is 4. The van der Waals surface area contributed by atoms with Gasteiger partial charge in [0.15, 0.2) is 0 Å². The van der Waals surface area contributed by atoms with Crippen molar-refractivity contribution in [3.05, 3.63) is 0 Å². The third kappa shape index (κ3) is 24.7. The highest BCUT2D eigenvalue weighted by atomic mass is 16.5. The normalized spacial score (nSPS) is 14.5. The zero-order valence-electron chi connectivity index (χ0n) is 21.6. The van der Waals surface area contributed by atoms with Crippen LogP contribution in [0, 0.1) is 0 Å². The number of rotatable bonds is 27. The summed E-state index contributed by atoms with van der Waals surface area (Å²) in [4.78, 5) is 0. The summed E-state index contributed by atoms with van der Waals surface area (Å²) < 4.78 is 11.0. The lowest BCUT2D eigenvalue weighted by Crippen LogP contribution is -2.25. The predicted octanol–water partition coefficient (Wildman–Crippen LogP) is 5.14. The predicted molar refractivity (Wildman–Crippen MR) is 136 cm³/mol. The SMILES string of the molecule is CCCCCCCCC(O)C(O)CCCCCCCCOCC(O)COCCCCCCO. The van der Waals surface area contributed by atoms with E-state index in [0.29, 0.717) is 32.8 Å². The minimum Gasteiger partial charge on any atom is -0.396 e. The third-order valence-electron chi connectivity index (χ3n) is 6.15. The first-order valence-electron chi connectivity index (χ1n) is 13.9. The van der Waals surface area contributed by atoms with E-state index in [0.717, 1.165) is 83.5 Å². The molecule has 0 aliphatic carbocycles. The molecule has 4 N–H and O–H groups in total. The fourth-order valence-corrected chi connectivity index (χ4v) is 3.94. The van der Waals surface area contributed by atoms with Crippen LogP contribution >= 0.6 is 0 Å². The quantitative estimate of drug-likeness (QED) is 0.123. The molecule has 0 heterocycles. The van der Waals surface area contributed by atoms with Crippen LogP contribution in [0.1, 0.15) is 122 Å². The Kier molecular flexibility index (Phi) is 26.2. The van der Waals surface area contributed by atoms with E-state index in [-0.39, 0.29) is 6.61 Å². The Labute approximate surface area is 204 Å². The molecule has 33 heavy (non-hydrogen) atoms. The maximum atomic E-state index is 10.1. The highest BCUT2D eigenvalue weighted by Crippen LogP contribution is 2.15. The molecule has 6 nitrogen and oxygen atoms in total. The Morgan fingerprint density at radius 1 is 0.515 bits per heavy atom. The molecule has 3 unspecified atom stereocenters. The lowest BCUT2D eigenvalue weighted by Gasteiger charge is -2.17. The first-order valence-corrected chi connectivity index (χ1v) is 13.9. The van der Waals surface area contributed by atoms with Crippen molar-refractivity contribution in [2.24, 2.45) is 0 Å². The van der Waals surface area contributed by atoms with Crippen LogP contribution in [0.25, 0.3) is 0 Å². The topological polar surface area (TPSA) is 99.4 Å². The van der Waals surface area contributed by atoms with E-state index in [9.17, 15) is 15.3 Å². The van der Waals surface area contributed by atoms with Gasteiger partial charge in [-0.1, -0.05) is 90.4 Å². The van der Waals surface area contributed by atoms with Crippen LogP contribution in [-0.4, -0.2) is 71.8 Å². The Morgan fingerprint density at radius 3 is 1.36 bits per heavy atom. The smallest absolute Gasteiger partial charge is 0.101 e. The summed E-state index contributed by atoms with van der Waals surface area (Å²) in [7, 11) is 0. The van der Waals surface area contributed by atoms with Gasteiger partial charge in [0.1, 0.15) is 6.10 Å². The molecule has 0 saturated heterocycles. The van der Waals surface area contributed by atoms with Crippen molar-refractivity contribution in [1.82, 2.24) is 0 Å².